The Kier molecular flexibility index (Phi) is 3.23. The molecule has 0 aliphatic heterocycles. The van der Waals surface area contributed by atoms with Gasteiger partial charge in [-0.25, -0.2) is 4.98 Å². The van der Waals surface area contributed by atoms with E-state index in [0.29, 0.717) is 0 Å². The van der Waals surface area contributed by atoms with Crippen LogP contribution in [0.1, 0.15) is 23.7 Å². The van der Waals surface area contributed by atoms with Crippen LogP contribution in [-0.4, -0.2) is 4.98 Å². The number of thiazole rings is 1. The van der Waals surface area contributed by atoms with Crippen LogP contribution < -0.4 is 5.73 Å². The normalized spacial score (nSPS) is 14.1. The minimum absolute atomic E-state index is 0.0393. The minimum atomic E-state index is 0.0393. The molecule has 1 atom stereocenters. The van der Waals surface area contributed by atoms with E-state index >= 15 is 0 Å². The van der Waals surface area contributed by atoms with Gasteiger partial charge in [-0.05, 0) is 18.0 Å². The fourth-order valence-corrected chi connectivity index (χ4v) is 1.67. The van der Waals surface area contributed by atoms with Crippen LogP contribution in [0.25, 0.3) is 6.08 Å². The summed E-state index contributed by atoms with van der Waals surface area (Å²) in [5.74, 6) is 0. The Bertz CT molecular complexity index is 255. The van der Waals surface area contributed by atoms with Gasteiger partial charge in [-0.1, -0.05) is 15.9 Å². The number of aromatic nitrogens is 1. The first-order valence-corrected chi connectivity index (χ1v) is 5.01. The van der Waals surface area contributed by atoms with E-state index in [1.54, 1.807) is 16.3 Å². The van der Waals surface area contributed by atoms with Crippen molar-refractivity contribution in [1.82, 2.24) is 4.98 Å². The van der Waals surface area contributed by atoms with E-state index in [9.17, 15) is 0 Å². The van der Waals surface area contributed by atoms with Gasteiger partial charge < -0.3 is 5.73 Å². The van der Waals surface area contributed by atoms with Crippen LogP contribution in [0.3, 0.4) is 0 Å². The quantitative estimate of drug-likeness (QED) is 0.852. The van der Waals surface area contributed by atoms with Crippen LogP contribution in [0, 0.1) is 0 Å². The number of halogens is 1. The molecule has 1 heterocycles. The largest absolute Gasteiger partial charge is 0.322 e. The molecule has 1 aromatic heterocycles. The van der Waals surface area contributed by atoms with Crippen molar-refractivity contribution >= 4 is 33.3 Å². The monoisotopic (exact) mass is 232 g/mol. The molecule has 0 radical (unpaired) electrons. The van der Waals surface area contributed by atoms with E-state index in [0.717, 1.165) is 10.7 Å². The zero-order valence-electron chi connectivity index (χ0n) is 6.12. The average molecular weight is 233 g/mol. The first-order valence-electron chi connectivity index (χ1n) is 3.22. The van der Waals surface area contributed by atoms with Gasteiger partial charge in [-0.3, -0.25) is 0 Å². The Balaban J connectivity index is 2.81. The lowest BCUT2D eigenvalue weighted by molar-refractivity contribution is 0.806. The first kappa shape index (κ1) is 8.90. The maximum atomic E-state index is 5.64. The lowest BCUT2D eigenvalue weighted by Crippen LogP contribution is -2.03. The van der Waals surface area contributed by atoms with Gasteiger partial charge in [0.25, 0.3) is 0 Å². The molecule has 0 spiro atoms. The lowest BCUT2D eigenvalue weighted by Gasteiger charge is -1.95. The van der Waals surface area contributed by atoms with Crippen molar-refractivity contribution < 1.29 is 0 Å². The molecule has 4 heteroatoms. The molecular formula is C7H9BrN2S. The second-order valence-corrected chi connectivity index (χ2v) is 3.61. The molecular weight excluding hydrogens is 224 g/mol. The highest BCUT2D eigenvalue weighted by atomic mass is 79.9. The Morgan fingerprint density at radius 1 is 1.82 bits per heavy atom. The molecule has 1 aromatic rings. The van der Waals surface area contributed by atoms with Gasteiger partial charge in [-0.15, -0.1) is 11.3 Å². The van der Waals surface area contributed by atoms with Gasteiger partial charge in [0.2, 0.25) is 0 Å². The summed E-state index contributed by atoms with van der Waals surface area (Å²) in [4.78, 5) is 6.06. The molecule has 0 aliphatic rings. The minimum Gasteiger partial charge on any atom is -0.322 e. The number of nitrogens with two attached hydrogens (primary N) is 1. The smallest absolute Gasteiger partial charge is 0.110 e. The summed E-state index contributed by atoms with van der Waals surface area (Å²) in [6.45, 7) is 1.93. The highest BCUT2D eigenvalue weighted by Gasteiger charge is 2.02. The lowest BCUT2D eigenvalue weighted by atomic mass is 10.4. The molecule has 2 nitrogen and oxygen atoms in total. The molecule has 0 aromatic carbocycles. The van der Waals surface area contributed by atoms with E-state index in [1.807, 2.05) is 18.4 Å². The second kappa shape index (κ2) is 3.99. The van der Waals surface area contributed by atoms with Crippen molar-refractivity contribution in [2.45, 2.75) is 13.0 Å². The summed E-state index contributed by atoms with van der Waals surface area (Å²) in [6, 6.07) is 0.0393. The zero-order chi connectivity index (χ0) is 8.27. The predicted octanol–water partition coefficient (Wildman–Crippen LogP) is 2.53. The molecule has 0 bridgehead atoms. The molecule has 11 heavy (non-hydrogen) atoms. The molecule has 0 unspecified atom stereocenters. The highest BCUT2D eigenvalue weighted by Crippen LogP contribution is 2.16. The third-order valence-corrected chi connectivity index (χ3v) is 2.49. The topological polar surface area (TPSA) is 38.9 Å². The molecule has 1 rings (SSSR count). The standard InChI is InChI=1S/C7H9BrN2S/c1-5(9)7-10-6(2-3-8)4-11-7/h2-5H,9H2,1H3/b3-2-/t5-/m0/s1. The summed E-state index contributed by atoms with van der Waals surface area (Å²) >= 11 is 4.77. The van der Waals surface area contributed by atoms with Crippen molar-refractivity contribution in [3.63, 3.8) is 0 Å². The molecule has 0 aliphatic carbocycles. The van der Waals surface area contributed by atoms with Gasteiger partial charge in [0.05, 0.1) is 11.7 Å². The third kappa shape index (κ3) is 2.39. The molecule has 60 valence electrons. The maximum absolute atomic E-state index is 5.64. The van der Waals surface area contributed by atoms with Gasteiger partial charge in [0.15, 0.2) is 0 Å². The molecule has 0 saturated carbocycles. The van der Waals surface area contributed by atoms with E-state index in [2.05, 4.69) is 20.9 Å². The number of rotatable bonds is 2. The molecule has 0 amide bonds. The number of hydrogen-bond donors (Lipinski definition) is 1. The zero-order valence-corrected chi connectivity index (χ0v) is 8.52. The van der Waals surface area contributed by atoms with Crippen LogP contribution in [0.4, 0.5) is 0 Å². The van der Waals surface area contributed by atoms with Crippen LogP contribution in [0.5, 0.6) is 0 Å². The van der Waals surface area contributed by atoms with Crippen molar-refractivity contribution in [3.8, 4) is 0 Å². The molecule has 0 saturated heterocycles. The summed E-state index contributed by atoms with van der Waals surface area (Å²) in [5, 5.41) is 2.96. The van der Waals surface area contributed by atoms with Gasteiger partial charge >= 0.3 is 0 Å². The van der Waals surface area contributed by atoms with Gasteiger partial charge in [0, 0.05) is 5.38 Å². The van der Waals surface area contributed by atoms with Crippen molar-refractivity contribution in [3.05, 3.63) is 21.1 Å². The van der Waals surface area contributed by atoms with Crippen molar-refractivity contribution in [2.24, 2.45) is 5.73 Å². The Labute approximate surface area is 78.3 Å². The maximum Gasteiger partial charge on any atom is 0.110 e. The van der Waals surface area contributed by atoms with Crippen LogP contribution in [-0.2, 0) is 0 Å². The van der Waals surface area contributed by atoms with Crippen molar-refractivity contribution in [2.75, 3.05) is 0 Å². The second-order valence-electron chi connectivity index (χ2n) is 2.19. The Morgan fingerprint density at radius 2 is 2.55 bits per heavy atom. The molecule has 2 N–H and O–H groups in total. The first-order chi connectivity index (χ1) is 5.24. The number of hydrogen-bond acceptors (Lipinski definition) is 3. The predicted molar refractivity (Wildman–Crippen MR) is 52.7 cm³/mol. The van der Waals surface area contributed by atoms with Crippen molar-refractivity contribution in [1.29, 1.82) is 0 Å². The fourth-order valence-electron chi connectivity index (χ4n) is 0.651. The summed E-state index contributed by atoms with van der Waals surface area (Å²) in [5.41, 5.74) is 6.59. The highest BCUT2D eigenvalue weighted by molar-refractivity contribution is 9.11. The van der Waals surface area contributed by atoms with Crippen LogP contribution in [0.2, 0.25) is 0 Å². The molecule has 0 fully saturated rings. The Morgan fingerprint density at radius 3 is 3.00 bits per heavy atom. The van der Waals surface area contributed by atoms with Crippen LogP contribution in [0.15, 0.2) is 10.4 Å². The van der Waals surface area contributed by atoms with Gasteiger partial charge in [-0.2, -0.15) is 0 Å². The number of nitrogens with zero attached hydrogens (tertiary/aromatic N) is 1. The van der Waals surface area contributed by atoms with E-state index in [-0.39, 0.29) is 6.04 Å². The average Bonchev–Trinajstić information content (AvgIpc) is 2.37. The Hall–Kier alpha value is -0.190. The SMILES string of the molecule is C[C@H](N)c1nc(/C=C\Br)cs1. The third-order valence-electron chi connectivity index (χ3n) is 1.16. The summed E-state index contributed by atoms with van der Waals surface area (Å²) in [6.07, 6.45) is 1.89. The summed E-state index contributed by atoms with van der Waals surface area (Å²) in [7, 11) is 0. The van der Waals surface area contributed by atoms with E-state index in [4.69, 9.17) is 5.73 Å². The van der Waals surface area contributed by atoms with E-state index < -0.39 is 0 Å². The fraction of sp³-hybridized carbons (Fsp3) is 0.286. The van der Waals surface area contributed by atoms with Crippen LogP contribution >= 0.6 is 27.3 Å². The summed E-state index contributed by atoms with van der Waals surface area (Å²) < 4.78 is 0. The van der Waals surface area contributed by atoms with E-state index in [1.165, 1.54) is 0 Å². The van der Waals surface area contributed by atoms with Gasteiger partial charge in [0.1, 0.15) is 5.01 Å².